The van der Waals surface area contributed by atoms with E-state index in [-0.39, 0.29) is 17.9 Å². The molecule has 0 spiro atoms. The molecule has 114 valence electrons. The topological polar surface area (TPSA) is 66.8 Å². The molecule has 21 heavy (non-hydrogen) atoms. The summed E-state index contributed by atoms with van der Waals surface area (Å²) in [5.41, 5.74) is -1.08. The first-order chi connectivity index (χ1) is 9.89. The minimum Gasteiger partial charge on any atom is -0.494 e. The number of likely N-dealkylation sites (tertiary alicyclic amines) is 1. The molecule has 1 amide bonds. The summed E-state index contributed by atoms with van der Waals surface area (Å²) in [4.78, 5) is 25.2. The van der Waals surface area contributed by atoms with Crippen LogP contribution in [0.2, 0.25) is 0 Å². The summed E-state index contributed by atoms with van der Waals surface area (Å²) < 4.78 is 19.0. The van der Waals surface area contributed by atoms with Crippen LogP contribution in [-0.2, 0) is 4.79 Å². The van der Waals surface area contributed by atoms with Gasteiger partial charge in [-0.3, -0.25) is 9.59 Å². The summed E-state index contributed by atoms with van der Waals surface area (Å²) in [6, 6.07) is 4.35. The lowest BCUT2D eigenvalue weighted by Crippen LogP contribution is -2.48. The van der Waals surface area contributed by atoms with E-state index in [1.807, 2.05) is 0 Å². The molecule has 1 unspecified atom stereocenters. The summed E-state index contributed by atoms with van der Waals surface area (Å²) in [5, 5.41) is 9.27. The number of ether oxygens (including phenoxy) is 1. The van der Waals surface area contributed by atoms with E-state index < -0.39 is 23.1 Å². The molecule has 1 atom stereocenters. The van der Waals surface area contributed by atoms with Gasteiger partial charge in [-0.1, -0.05) is 6.07 Å². The Balaban J connectivity index is 2.26. The number of carboxylic acid groups (broad SMARTS) is 1. The van der Waals surface area contributed by atoms with Gasteiger partial charge in [0.2, 0.25) is 0 Å². The van der Waals surface area contributed by atoms with E-state index in [9.17, 15) is 19.1 Å². The normalized spacial score (nSPS) is 22.0. The molecule has 5 nitrogen and oxygen atoms in total. The molecule has 0 aromatic heterocycles. The molecule has 1 aliphatic heterocycles. The molecule has 0 radical (unpaired) electrons. The van der Waals surface area contributed by atoms with E-state index in [0.717, 1.165) is 0 Å². The molecule has 1 aliphatic rings. The second-order valence-electron chi connectivity index (χ2n) is 5.52. The quantitative estimate of drug-likeness (QED) is 0.928. The first-order valence-electron chi connectivity index (χ1n) is 6.74. The van der Waals surface area contributed by atoms with Crippen LogP contribution >= 0.6 is 0 Å². The summed E-state index contributed by atoms with van der Waals surface area (Å²) >= 11 is 0. The van der Waals surface area contributed by atoms with Crippen molar-refractivity contribution in [1.29, 1.82) is 0 Å². The number of hydrogen-bond acceptors (Lipinski definition) is 3. The van der Waals surface area contributed by atoms with Crippen molar-refractivity contribution in [3.8, 4) is 5.75 Å². The highest BCUT2D eigenvalue weighted by Crippen LogP contribution is 2.31. The zero-order valence-corrected chi connectivity index (χ0v) is 12.1. The van der Waals surface area contributed by atoms with Crippen molar-refractivity contribution in [3.05, 3.63) is 29.6 Å². The number of aliphatic carboxylic acids is 1. The molecule has 1 aromatic rings. The smallest absolute Gasteiger partial charge is 0.311 e. The summed E-state index contributed by atoms with van der Waals surface area (Å²) in [5.74, 6) is -2.16. The van der Waals surface area contributed by atoms with Crippen LogP contribution in [0.5, 0.6) is 5.75 Å². The highest BCUT2D eigenvalue weighted by molar-refractivity contribution is 5.95. The third-order valence-electron chi connectivity index (χ3n) is 3.91. The molecule has 6 heteroatoms. The summed E-state index contributed by atoms with van der Waals surface area (Å²) in [6.45, 7) is 2.12. The number of methoxy groups -OCH3 is 1. The first kappa shape index (κ1) is 15.3. The lowest BCUT2D eigenvalue weighted by atomic mass is 9.82. The van der Waals surface area contributed by atoms with Gasteiger partial charge in [-0.05, 0) is 31.9 Å². The van der Waals surface area contributed by atoms with E-state index >= 15 is 0 Å². The van der Waals surface area contributed by atoms with E-state index in [0.29, 0.717) is 19.4 Å². The van der Waals surface area contributed by atoms with Crippen LogP contribution in [0.4, 0.5) is 4.39 Å². The fourth-order valence-electron chi connectivity index (χ4n) is 2.59. The summed E-state index contributed by atoms with van der Waals surface area (Å²) in [6.07, 6.45) is 1.09. The van der Waals surface area contributed by atoms with Gasteiger partial charge < -0.3 is 14.7 Å². The van der Waals surface area contributed by atoms with Crippen LogP contribution < -0.4 is 4.74 Å². The van der Waals surface area contributed by atoms with Gasteiger partial charge in [-0.25, -0.2) is 4.39 Å². The maximum absolute atomic E-state index is 14.1. The van der Waals surface area contributed by atoms with Gasteiger partial charge in [0, 0.05) is 13.1 Å². The first-order valence-corrected chi connectivity index (χ1v) is 6.74. The highest BCUT2D eigenvalue weighted by Gasteiger charge is 2.40. The van der Waals surface area contributed by atoms with Crippen molar-refractivity contribution in [2.24, 2.45) is 5.41 Å². The predicted octanol–water partition coefficient (Wildman–Crippen LogP) is 2.16. The van der Waals surface area contributed by atoms with Crippen molar-refractivity contribution in [1.82, 2.24) is 4.90 Å². The average molecular weight is 295 g/mol. The molecule has 1 saturated heterocycles. The van der Waals surface area contributed by atoms with Crippen molar-refractivity contribution in [2.75, 3.05) is 20.2 Å². The molecule has 0 bridgehead atoms. The van der Waals surface area contributed by atoms with E-state index in [4.69, 9.17) is 4.74 Å². The Hall–Kier alpha value is -2.11. The van der Waals surface area contributed by atoms with Crippen LogP contribution in [0, 0.1) is 11.2 Å². The highest BCUT2D eigenvalue weighted by atomic mass is 19.1. The van der Waals surface area contributed by atoms with Crippen LogP contribution in [0.3, 0.4) is 0 Å². The Kier molecular flexibility index (Phi) is 4.16. The minimum absolute atomic E-state index is 0.00106. The van der Waals surface area contributed by atoms with Gasteiger partial charge in [-0.15, -0.1) is 0 Å². The lowest BCUT2D eigenvalue weighted by molar-refractivity contribution is -0.150. The predicted molar refractivity (Wildman–Crippen MR) is 73.8 cm³/mol. The number of halogens is 1. The number of benzene rings is 1. The fraction of sp³-hybridized carbons (Fsp3) is 0.467. The number of hydrogen-bond donors (Lipinski definition) is 1. The zero-order chi connectivity index (χ0) is 15.6. The Bertz CT molecular complexity index is 575. The van der Waals surface area contributed by atoms with E-state index in [2.05, 4.69) is 0 Å². The number of nitrogens with zero attached hydrogens (tertiary/aromatic N) is 1. The molecule has 1 N–H and O–H groups in total. The van der Waals surface area contributed by atoms with Gasteiger partial charge in [0.15, 0.2) is 11.6 Å². The molecule has 0 saturated carbocycles. The largest absolute Gasteiger partial charge is 0.494 e. The van der Waals surface area contributed by atoms with Crippen LogP contribution in [0.1, 0.15) is 30.1 Å². The standard InChI is InChI=1S/C15H18FNO4/c1-15(14(19)20)7-4-8-17(9-15)13(18)10-5-3-6-11(21-2)12(10)16/h3,5-6H,4,7-9H2,1-2H3,(H,19,20). The Labute approximate surface area is 122 Å². The molecule has 0 aliphatic carbocycles. The summed E-state index contributed by atoms with van der Waals surface area (Å²) in [7, 11) is 1.33. The molecule has 1 fully saturated rings. The molecular weight excluding hydrogens is 277 g/mol. The molecule has 1 heterocycles. The molecule has 1 aromatic carbocycles. The van der Waals surface area contributed by atoms with Crippen molar-refractivity contribution in [2.45, 2.75) is 19.8 Å². The molecular formula is C15H18FNO4. The second-order valence-corrected chi connectivity index (χ2v) is 5.52. The Morgan fingerprint density at radius 2 is 2.14 bits per heavy atom. The van der Waals surface area contributed by atoms with Gasteiger partial charge >= 0.3 is 5.97 Å². The van der Waals surface area contributed by atoms with Crippen LogP contribution in [0.15, 0.2) is 18.2 Å². The fourth-order valence-corrected chi connectivity index (χ4v) is 2.59. The van der Waals surface area contributed by atoms with Crippen molar-refractivity contribution < 1.29 is 23.8 Å². The van der Waals surface area contributed by atoms with Gasteiger partial charge in [0.05, 0.1) is 18.1 Å². The SMILES string of the molecule is COc1cccc(C(=O)N2CCCC(C)(C(=O)O)C2)c1F. The van der Waals surface area contributed by atoms with Crippen molar-refractivity contribution in [3.63, 3.8) is 0 Å². The van der Waals surface area contributed by atoms with E-state index in [1.54, 1.807) is 6.92 Å². The number of carbonyl (C=O) groups excluding carboxylic acids is 1. The lowest BCUT2D eigenvalue weighted by Gasteiger charge is -2.37. The maximum atomic E-state index is 14.1. The van der Waals surface area contributed by atoms with Crippen LogP contribution in [0.25, 0.3) is 0 Å². The molecule has 2 rings (SSSR count). The third-order valence-corrected chi connectivity index (χ3v) is 3.91. The van der Waals surface area contributed by atoms with E-state index in [1.165, 1.54) is 30.2 Å². The van der Waals surface area contributed by atoms with Gasteiger partial charge in [-0.2, -0.15) is 0 Å². The minimum atomic E-state index is -0.983. The Morgan fingerprint density at radius 1 is 1.43 bits per heavy atom. The monoisotopic (exact) mass is 295 g/mol. The van der Waals surface area contributed by atoms with Gasteiger partial charge in [0.25, 0.3) is 5.91 Å². The number of carbonyl (C=O) groups is 2. The number of rotatable bonds is 3. The zero-order valence-electron chi connectivity index (χ0n) is 12.1. The number of piperidine rings is 1. The number of carboxylic acids is 1. The number of amides is 1. The average Bonchev–Trinajstić information content (AvgIpc) is 2.46. The van der Waals surface area contributed by atoms with Crippen molar-refractivity contribution >= 4 is 11.9 Å². The van der Waals surface area contributed by atoms with Gasteiger partial charge in [0.1, 0.15) is 0 Å². The second kappa shape index (κ2) is 5.71. The third kappa shape index (κ3) is 2.84. The van der Waals surface area contributed by atoms with Crippen LogP contribution in [-0.4, -0.2) is 42.1 Å². The Morgan fingerprint density at radius 3 is 2.76 bits per heavy atom. The maximum Gasteiger partial charge on any atom is 0.311 e.